The van der Waals surface area contributed by atoms with Gasteiger partial charge in [-0.05, 0) is 32.3 Å². The lowest BCUT2D eigenvalue weighted by Gasteiger charge is -2.36. The minimum Gasteiger partial charge on any atom is -0.381 e. The summed E-state index contributed by atoms with van der Waals surface area (Å²) in [5, 5.41) is 8.19. The van der Waals surface area contributed by atoms with Gasteiger partial charge in [0.1, 0.15) is 0 Å². The van der Waals surface area contributed by atoms with Crippen LogP contribution >= 0.6 is 11.6 Å². The van der Waals surface area contributed by atoms with Crippen LogP contribution in [0, 0.1) is 0 Å². The fraction of sp³-hybridized carbons (Fsp3) is 0.786. The number of hydrogen-bond acceptors (Lipinski definition) is 3. The van der Waals surface area contributed by atoms with E-state index in [2.05, 4.69) is 36.5 Å². The van der Waals surface area contributed by atoms with Crippen molar-refractivity contribution >= 4 is 11.6 Å². The highest BCUT2D eigenvalue weighted by Gasteiger charge is 2.31. The van der Waals surface area contributed by atoms with Crippen molar-refractivity contribution in [3.05, 3.63) is 18.0 Å². The third-order valence-corrected chi connectivity index (χ3v) is 4.57. The van der Waals surface area contributed by atoms with E-state index in [0.717, 1.165) is 44.7 Å². The molecule has 5 heteroatoms. The summed E-state index contributed by atoms with van der Waals surface area (Å²) in [5.74, 6) is 0.627. The fourth-order valence-electron chi connectivity index (χ4n) is 2.30. The molecule has 1 atom stereocenters. The van der Waals surface area contributed by atoms with Crippen molar-refractivity contribution < 1.29 is 4.74 Å². The summed E-state index contributed by atoms with van der Waals surface area (Å²) in [6, 6.07) is 2.54. The largest absolute Gasteiger partial charge is 0.381 e. The summed E-state index contributed by atoms with van der Waals surface area (Å²) in [6.07, 6.45) is 5.10. The molecule has 0 saturated carbocycles. The molecule has 0 aromatic carbocycles. The first-order valence-electron chi connectivity index (χ1n) is 7.12. The van der Waals surface area contributed by atoms with Crippen molar-refractivity contribution in [3.63, 3.8) is 0 Å². The van der Waals surface area contributed by atoms with Gasteiger partial charge in [0.25, 0.3) is 0 Å². The van der Waals surface area contributed by atoms with Crippen LogP contribution < -0.4 is 5.32 Å². The standard InChI is InChI=1S/C14H24ClN3O/c1-3-12(2)18-7-4-13(17-18)10-16-14(11-15)5-8-19-9-6-14/h4,7,12,16H,3,5-6,8-11H2,1-2H3. The quantitative estimate of drug-likeness (QED) is 0.817. The zero-order valence-corrected chi connectivity index (χ0v) is 12.6. The van der Waals surface area contributed by atoms with Gasteiger partial charge in [-0.15, -0.1) is 11.6 Å². The lowest BCUT2D eigenvalue weighted by molar-refractivity contribution is 0.0457. The van der Waals surface area contributed by atoms with Gasteiger partial charge in [-0.25, -0.2) is 0 Å². The van der Waals surface area contributed by atoms with Crippen LogP contribution in [-0.2, 0) is 11.3 Å². The smallest absolute Gasteiger partial charge is 0.0762 e. The summed E-state index contributed by atoms with van der Waals surface area (Å²) in [5.41, 5.74) is 1.09. The Morgan fingerprint density at radius 1 is 1.53 bits per heavy atom. The van der Waals surface area contributed by atoms with Crippen molar-refractivity contribution in [2.24, 2.45) is 0 Å². The summed E-state index contributed by atoms with van der Waals surface area (Å²) in [7, 11) is 0. The molecule has 4 nitrogen and oxygen atoms in total. The second-order valence-corrected chi connectivity index (χ2v) is 5.69. The maximum atomic E-state index is 6.14. The second kappa shape index (κ2) is 6.73. The van der Waals surface area contributed by atoms with E-state index in [1.165, 1.54) is 0 Å². The molecule has 1 aliphatic heterocycles. The van der Waals surface area contributed by atoms with Crippen molar-refractivity contribution in [2.75, 3.05) is 19.1 Å². The molecule has 1 saturated heterocycles. The van der Waals surface area contributed by atoms with Crippen LogP contribution in [0.3, 0.4) is 0 Å². The summed E-state index contributed by atoms with van der Waals surface area (Å²) in [4.78, 5) is 0. The van der Waals surface area contributed by atoms with E-state index in [4.69, 9.17) is 16.3 Å². The third-order valence-electron chi connectivity index (χ3n) is 4.06. The summed E-state index contributed by atoms with van der Waals surface area (Å²) >= 11 is 6.14. The van der Waals surface area contributed by atoms with Gasteiger partial charge in [0.2, 0.25) is 0 Å². The van der Waals surface area contributed by atoms with E-state index in [-0.39, 0.29) is 5.54 Å². The van der Waals surface area contributed by atoms with Gasteiger partial charge < -0.3 is 10.1 Å². The molecule has 19 heavy (non-hydrogen) atoms. The molecule has 0 bridgehead atoms. The monoisotopic (exact) mass is 285 g/mol. The minimum atomic E-state index is 0.0138. The third kappa shape index (κ3) is 3.71. The van der Waals surface area contributed by atoms with Gasteiger partial charge in [0, 0.05) is 43.4 Å². The topological polar surface area (TPSA) is 39.1 Å². The Hall–Kier alpha value is -0.580. The molecule has 1 fully saturated rings. The van der Waals surface area contributed by atoms with Crippen LogP contribution in [0.15, 0.2) is 12.3 Å². The Balaban J connectivity index is 1.92. The van der Waals surface area contributed by atoms with Gasteiger partial charge in [0.05, 0.1) is 5.69 Å². The highest BCUT2D eigenvalue weighted by atomic mass is 35.5. The molecule has 1 aliphatic rings. The first kappa shape index (κ1) is 14.8. The van der Waals surface area contributed by atoms with Gasteiger partial charge in [-0.1, -0.05) is 6.92 Å². The van der Waals surface area contributed by atoms with Crippen LogP contribution in [-0.4, -0.2) is 34.4 Å². The zero-order valence-electron chi connectivity index (χ0n) is 11.9. The van der Waals surface area contributed by atoms with E-state index < -0.39 is 0 Å². The molecule has 0 aliphatic carbocycles. The van der Waals surface area contributed by atoms with Crippen molar-refractivity contribution in [3.8, 4) is 0 Å². The van der Waals surface area contributed by atoms with E-state index in [1.807, 2.05) is 4.68 Å². The molecular weight excluding hydrogens is 262 g/mol. The number of nitrogens with zero attached hydrogens (tertiary/aromatic N) is 2. The van der Waals surface area contributed by atoms with Gasteiger partial charge in [0.15, 0.2) is 0 Å². The van der Waals surface area contributed by atoms with Crippen molar-refractivity contribution in [1.82, 2.24) is 15.1 Å². The van der Waals surface area contributed by atoms with Crippen LogP contribution in [0.1, 0.15) is 44.8 Å². The van der Waals surface area contributed by atoms with E-state index in [9.17, 15) is 0 Å². The Labute approximate surface area is 120 Å². The molecule has 2 rings (SSSR count). The Morgan fingerprint density at radius 3 is 2.89 bits per heavy atom. The Kier molecular flexibility index (Phi) is 5.25. The van der Waals surface area contributed by atoms with E-state index in [0.29, 0.717) is 11.9 Å². The Bertz CT molecular complexity index is 388. The highest BCUT2D eigenvalue weighted by Crippen LogP contribution is 2.22. The number of aromatic nitrogens is 2. The molecule has 0 spiro atoms. The highest BCUT2D eigenvalue weighted by molar-refractivity contribution is 6.18. The SMILES string of the molecule is CCC(C)n1ccc(CNC2(CCl)CCOCC2)n1. The molecule has 2 heterocycles. The predicted octanol–water partition coefficient (Wildman–Crippen LogP) is 2.73. The normalized spacial score (nSPS) is 20.4. The van der Waals surface area contributed by atoms with Crippen LogP contribution in [0.25, 0.3) is 0 Å². The minimum absolute atomic E-state index is 0.0138. The van der Waals surface area contributed by atoms with Gasteiger partial charge in [-0.3, -0.25) is 4.68 Å². The molecule has 0 radical (unpaired) electrons. The molecule has 108 valence electrons. The van der Waals surface area contributed by atoms with Crippen LogP contribution in [0.5, 0.6) is 0 Å². The van der Waals surface area contributed by atoms with Crippen LogP contribution in [0.4, 0.5) is 0 Å². The molecule has 0 amide bonds. The Morgan fingerprint density at radius 2 is 2.26 bits per heavy atom. The van der Waals surface area contributed by atoms with Crippen LogP contribution in [0.2, 0.25) is 0 Å². The number of hydrogen-bond donors (Lipinski definition) is 1. The maximum absolute atomic E-state index is 6.14. The zero-order chi connectivity index (χ0) is 13.7. The van der Waals surface area contributed by atoms with E-state index >= 15 is 0 Å². The summed E-state index contributed by atoms with van der Waals surface area (Å²) < 4.78 is 7.45. The van der Waals surface area contributed by atoms with Gasteiger partial charge in [-0.2, -0.15) is 5.10 Å². The predicted molar refractivity (Wildman–Crippen MR) is 77.6 cm³/mol. The number of nitrogens with one attached hydrogen (secondary N) is 1. The number of rotatable bonds is 6. The summed E-state index contributed by atoms with van der Waals surface area (Å²) in [6.45, 7) is 6.72. The number of alkyl halides is 1. The van der Waals surface area contributed by atoms with E-state index in [1.54, 1.807) is 0 Å². The van der Waals surface area contributed by atoms with Crippen molar-refractivity contribution in [2.45, 2.75) is 51.2 Å². The first-order valence-corrected chi connectivity index (χ1v) is 7.65. The molecule has 1 N–H and O–H groups in total. The van der Waals surface area contributed by atoms with Gasteiger partial charge >= 0.3 is 0 Å². The molecule has 1 aromatic heterocycles. The average molecular weight is 286 g/mol. The lowest BCUT2D eigenvalue weighted by Crippen LogP contribution is -2.50. The average Bonchev–Trinajstić information content (AvgIpc) is 2.94. The lowest BCUT2D eigenvalue weighted by atomic mass is 9.92. The first-order chi connectivity index (χ1) is 9.19. The number of halogens is 1. The molecule has 1 unspecified atom stereocenters. The maximum Gasteiger partial charge on any atom is 0.0762 e. The molecule has 1 aromatic rings. The fourth-order valence-corrected chi connectivity index (χ4v) is 2.66. The van der Waals surface area contributed by atoms with Crippen molar-refractivity contribution in [1.29, 1.82) is 0 Å². The molecular formula is C14H24ClN3O. The number of ether oxygens (including phenoxy) is 1. The second-order valence-electron chi connectivity index (χ2n) is 5.42.